The number of fused-ring (bicyclic) bond motifs is 7. The summed E-state index contributed by atoms with van der Waals surface area (Å²) in [5.41, 5.74) is 20.5. The number of ketones is 1. The molecule has 0 amide bonds. The number of allylic oxidation sites excluding steroid dienone is 2. The van der Waals surface area contributed by atoms with E-state index in [-0.39, 0.29) is 159 Å². The Morgan fingerprint density at radius 1 is 0.492 bits per heavy atom. The first-order valence-corrected chi connectivity index (χ1v) is 38.9. The number of rotatable bonds is 9. The first-order chi connectivity index (χ1) is 57.9. The average molecular weight is 2930 g/mol. The molecule has 0 saturated heterocycles. The molecule has 0 unspecified atom stereocenters. The SMILES string of the molecule is CC(=O)C=C(C)O.CC1(C)c2ccccc2-c2c[c-]c(-n3cccn3)cc21.CN1C=CN(c2[c-]ccc3c2oc2ccccc23)[CH-]1.CN1[CH-]N(c2[c-]cccc2)c2ccccc21.FC(F)(F)c1c[c-]c(-c2ccccn2)cc1.[Ir].[Ir].[Ir].[Ir].[Ir].[Ir].[Pt].[c-]1ccc(-c2ccccc2)cc1-c1ccccn1.[c-]1ccccc1-c1ccccn1.[c-]1ccsc1-c1ccccn1. The molecule has 656 valence electrons. The molecule has 1 aliphatic carbocycles. The van der Waals surface area contributed by atoms with Crippen LogP contribution in [0.3, 0.4) is 0 Å². The number of furan rings is 1. The first kappa shape index (κ1) is 105. The minimum absolute atomic E-state index is 0. The zero-order valence-corrected chi connectivity index (χ0v) is 85.8. The van der Waals surface area contributed by atoms with Crippen molar-refractivity contribution in [2.45, 2.75) is 39.3 Å². The molecule has 2 aliphatic heterocycles. The van der Waals surface area contributed by atoms with E-state index in [4.69, 9.17) is 9.52 Å². The maximum atomic E-state index is 12.3. The fourth-order valence-electron chi connectivity index (χ4n) is 13.1. The van der Waals surface area contributed by atoms with E-state index in [1.165, 1.54) is 70.7 Å². The molecule has 13 nitrogen and oxygen atoms in total. The van der Waals surface area contributed by atoms with E-state index in [2.05, 4.69) is 202 Å². The van der Waals surface area contributed by atoms with Gasteiger partial charge in [0.05, 0.1) is 5.76 Å². The zero-order valence-electron chi connectivity index (χ0n) is 68.3. The Morgan fingerprint density at radius 3 is 1.64 bits per heavy atom. The second-order valence-electron chi connectivity index (χ2n) is 27.5. The Morgan fingerprint density at radius 2 is 1.08 bits per heavy atom. The van der Waals surface area contributed by atoms with Gasteiger partial charge in [-0.2, -0.15) is 104 Å². The summed E-state index contributed by atoms with van der Waals surface area (Å²) in [5.74, 6) is -0.0625. The van der Waals surface area contributed by atoms with Crippen molar-refractivity contribution >= 4 is 61.8 Å². The Balaban J connectivity index is 0.000000224. The third kappa shape index (κ3) is 28.3. The number of hydrogen-bond acceptors (Lipinski definition) is 13. The van der Waals surface area contributed by atoms with Crippen molar-refractivity contribution in [3.8, 4) is 72.3 Å². The van der Waals surface area contributed by atoms with Gasteiger partial charge < -0.3 is 49.1 Å². The van der Waals surface area contributed by atoms with Gasteiger partial charge in [0.15, 0.2) is 5.78 Å². The summed E-state index contributed by atoms with van der Waals surface area (Å²) < 4.78 is 44.7. The number of aliphatic hydroxyl groups excluding tert-OH is 1. The summed E-state index contributed by atoms with van der Waals surface area (Å²) >= 11 is 1.66. The number of aliphatic hydroxyl groups is 1. The number of anilines is 4. The van der Waals surface area contributed by atoms with Crippen molar-refractivity contribution in [1.82, 2.24) is 34.6 Å². The second kappa shape index (κ2) is 51.7. The maximum Gasteiger partial charge on any atom is 0.381 e. The van der Waals surface area contributed by atoms with Crippen molar-refractivity contribution < 1.29 is 169 Å². The van der Waals surface area contributed by atoms with Gasteiger partial charge in [-0.3, -0.25) is 9.48 Å². The number of alkyl halides is 3. The van der Waals surface area contributed by atoms with Crippen LogP contribution in [-0.4, -0.2) is 59.6 Å². The van der Waals surface area contributed by atoms with Gasteiger partial charge in [-0.25, -0.2) is 11.3 Å². The Hall–Kier alpha value is -9.97. The minimum atomic E-state index is -4.32. The number of hydrogen-bond donors (Lipinski definition) is 1. The van der Waals surface area contributed by atoms with Crippen LogP contribution in [0.4, 0.5) is 35.9 Å². The molecule has 0 atom stereocenters. The summed E-state index contributed by atoms with van der Waals surface area (Å²) in [6.07, 6.45) is 11.6. The molecule has 3 aliphatic rings. The number of para-hydroxylation sites is 4. The van der Waals surface area contributed by atoms with Gasteiger partial charge in [0.1, 0.15) is 5.58 Å². The van der Waals surface area contributed by atoms with Crippen LogP contribution in [-0.2, 0) is 158 Å². The van der Waals surface area contributed by atoms with E-state index >= 15 is 0 Å². The van der Waals surface area contributed by atoms with Gasteiger partial charge >= 0.3 is 6.18 Å². The fraction of sp³-hybridized carbons (Fsp3) is 0.0784. The topological polar surface area (TPSA) is 133 Å². The molecule has 9 heterocycles. The number of carbonyl (C=O) groups is 1. The predicted octanol–water partition coefficient (Wildman–Crippen LogP) is 24.9. The number of benzene rings is 10. The molecular formula is C102H80F3Ir6N10O3PtS-9. The minimum Gasteiger partial charge on any atom is -0.514 e. The van der Waals surface area contributed by atoms with Crippen LogP contribution in [0, 0.1) is 55.8 Å². The van der Waals surface area contributed by atoms with Crippen molar-refractivity contribution in [2.24, 2.45) is 0 Å². The van der Waals surface area contributed by atoms with Gasteiger partial charge in [-0.15, -0.1) is 129 Å². The third-order valence-corrected chi connectivity index (χ3v) is 19.6. The van der Waals surface area contributed by atoms with Crippen LogP contribution in [0.5, 0.6) is 0 Å². The number of aromatic nitrogens is 6. The van der Waals surface area contributed by atoms with Crippen LogP contribution in [0.1, 0.15) is 44.4 Å². The van der Waals surface area contributed by atoms with E-state index < -0.39 is 11.7 Å². The molecule has 0 fully saturated rings. The molecular weight excluding hydrogens is 2850 g/mol. The molecule has 0 bridgehead atoms. The molecule has 0 saturated carbocycles. The van der Waals surface area contributed by atoms with Crippen LogP contribution in [0.2, 0.25) is 0 Å². The second-order valence-corrected chi connectivity index (χ2v) is 28.4. The summed E-state index contributed by atoms with van der Waals surface area (Å²) in [7, 11) is 4.05. The normalized spacial score (nSPS) is 11.7. The molecule has 0 spiro atoms. The van der Waals surface area contributed by atoms with Crippen LogP contribution >= 0.6 is 11.3 Å². The summed E-state index contributed by atoms with van der Waals surface area (Å²) in [4.78, 5) is 36.2. The molecule has 7 aromatic heterocycles. The molecule has 6 radical (unpaired) electrons. The average Bonchev–Trinajstić information content (AvgIpc) is 1.58. The van der Waals surface area contributed by atoms with Gasteiger partial charge in [-0.05, 0) is 139 Å². The van der Waals surface area contributed by atoms with E-state index in [0.717, 1.165) is 84.2 Å². The molecule has 126 heavy (non-hydrogen) atoms. The Labute approximate surface area is 833 Å². The quantitative estimate of drug-likeness (QED) is 0.0838. The molecule has 20 rings (SSSR count). The monoisotopic (exact) mass is 2930 g/mol. The molecule has 17 aromatic rings. The van der Waals surface area contributed by atoms with E-state index in [1.54, 1.807) is 60.5 Å². The van der Waals surface area contributed by atoms with Crippen LogP contribution in [0.25, 0.3) is 94.2 Å². The van der Waals surface area contributed by atoms with E-state index in [0.29, 0.717) is 11.3 Å². The van der Waals surface area contributed by atoms with Crippen LogP contribution in [0.15, 0.2) is 368 Å². The Kier molecular flexibility index (Phi) is 43.0. The smallest absolute Gasteiger partial charge is 0.381 e. The first-order valence-electron chi connectivity index (χ1n) is 38.0. The summed E-state index contributed by atoms with van der Waals surface area (Å²) in [6.45, 7) is 11.5. The summed E-state index contributed by atoms with van der Waals surface area (Å²) in [5, 5.41) is 16.9. The number of carbonyl (C=O) groups excluding carboxylic acids is 1. The van der Waals surface area contributed by atoms with Crippen molar-refractivity contribution in [3.63, 3.8) is 0 Å². The predicted molar refractivity (Wildman–Crippen MR) is 472 cm³/mol. The fourth-order valence-corrected chi connectivity index (χ4v) is 13.7. The molecule has 10 aromatic carbocycles. The van der Waals surface area contributed by atoms with Gasteiger partial charge in [0.25, 0.3) is 0 Å². The van der Waals surface area contributed by atoms with Gasteiger partial charge in [0.2, 0.25) is 0 Å². The van der Waals surface area contributed by atoms with E-state index in [1.807, 2.05) is 216 Å². The van der Waals surface area contributed by atoms with Gasteiger partial charge in [-0.1, -0.05) is 169 Å². The number of nitrogens with zero attached hydrogens (tertiary/aromatic N) is 10. The van der Waals surface area contributed by atoms with Crippen molar-refractivity contribution in [3.05, 3.63) is 437 Å². The third-order valence-electron chi connectivity index (χ3n) is 18.7. The number of halogens is 3. The molecule has 1 N–H and O–H groups in total. The number of pyridine rings is 4. The number of thiophene rings is 1. The zero-order chi connectivity index (χ0) is 82.9. The largest absolute Gasteiger partial charge is 0.514 e. The standard InChI is InChI=1S/C18H15N2.C17H12N.C16H12N2O.C14H12N2.C12H7F3N.C11H8N.C9H6NS.C5H8O2.6Ir.Pt/c1-18(2)16-7-4-3-6-14(16)15-9-8-13(12-17(15)18)20-11-5-10-19-20;1-2-7-14(8-3-1)15-9-6-10-16(13-15)17-11-4-5-12-18-17;1-17-9-10-18(11-17)14-7-4-6-13-12-5-2-3-8-15(12)19-16(13)14;1-15-11-16(12-7-3-2-4-8-12)14-10-6-5-9-13(14)15;13-12(14,15)10-6-4-9(5-7-10)11-3-1-2-8-16-11;1-2-6-10(7-3-1)11-8-4-5-9-12-11;1-2-6-10-8(4-1)9-5-3-7-11-9;1-4(6)3-5(2)7;;;;;;;/h3-7,9-12H,1-2H3;1-9,11-13H;2-6,8-11H,1H3;2-7,9-11H,1H3;1-4,6-8H;1-6,8-9H;1-4,6-7H;3,6H,1-2H3;;;;;;;/q2*-1;2*-2;3*-1;;;;;;;;. The molecule has 24 heteroatoms. The van der Waals surface area contributed by atoms with Gasteiger partial charge in [0, 0.05) is 207 Å². The van der Waals surface area contributed by atoms with Crippen molar-refractivity contribution in [2.75, 3.05) is 28.8 Å². The van der Waals surface area contributed by atoms with Crippen LogP contribution < -0.4 is 14.7 Å². The Bertz CT molecular complexity index is 6050. The van der Waals surface area contributed by atoms with Crippen molar-refractivity contribution in [1.29, 1.82) is 0 Å². The maximum absolute atomic E-state index is 12.3. The summed E-state index contributed by atoms with van der Waals surface area (Å²) in [6, 6.07) is 118. The van der Waals surface area contributed by atoms with E-state index in [9.17, 15) is 18.0 Å².